The van der Waals surface area contributed by atoms with Gasteiger partial charge in [-0.1, -0.05) is 12.1 Å². The Morgan fingerprint density at radius 3 is 2.31 bits per heavy atom. The van der Waals surface area contributed by atoms with E-state index in [1.807, 2.05) is 0 Å². The van der Waals surface area contributed by atoms with Gasteiger partial charge >= 0.3 is 6.03 Å². The van der Waals surface area contributed by atoms with E-state index in [1.54, 1.807) is 24.3 Å². The monoisotopic (exact) mass is 403 g/mol. The molecule has 0 atom stereocenters. The van der Waals surface area contributed by atoms with E-state index in [9.17, 15) is 14.0 Å². The minimum absolute atomic E-state index is 0.166. The average Bonchev–Trinajstić information content (AvgIpc) is 3.07. The molecule has 9 heteroatoms. The molecule has 0 aliphatic carbocycles. The van der Waals surface area contributed by atoms with Gasteiger partial charge in [0.25, 0.3) is 0 Å². The smallest absolute Gasteiger partial charge is 0.325 e. The molecular weight excluding hydrogens is 381 g/mol. The number of nitrogens with one attached hydrogen (secondary N) is 1. The Morgan fingerprint density at radius 1 is 1.07 bits per heavy atom. The normalized spacial score (nSPS) is 13.4. The fourth-order valence-electron chi connectivity index (χ4n) is 3.15. The van der Waals surface area contributed by atoms with Crippen LogP contribution in [0.25, 0.3) is 0 Å². The number of amides is 3. The van der Waals surface area contributed by atoms with Crippen molar-refractivity contribution in [2.45, 2.75) is 0 Å². The van der Waals surface area contributed by atoms with E-state index in [0.29, 0.717) is 36.0 Å². The second-order valence-electron chi connectivity index (χ2n) is 6.27. The number of halogens is 1. The molecule has 0 unspecified atom stereocenters. The third kappa shape index (κ3) is 4.18. The summed E-state index contributed by atoms with van der Waals surface area (Å²) in [5.41, 5.74) is 0.632. The van der Waals surface area contributed by atoms with Crippen LogP contribution in [0.5, 0.6) is 17.2 Å². The predicted molar refractivity (Wildman–Crippen MR) is 105 cm³/mol. The molecule has 1 saturated heterocycles. The van der Waals surface area contributed by atoms with Crippen molar-refractivity contribution in [2.75, 3.05) is 51.2 Å². The summed E-state index contributed by atoms with van der Waals surface area (Å²) < 4.78 is 29.7. The molecule has 0 bridgehead atoms. The Balaban J connectivity index is 1.69. The molecule has 1 fully saturated rings. The first-order valence-corrected chi connectivity index (χ1v) is 8.89. The van der Waals surface area contributed by atoms with Crippen LogP contribution in [0.3, 0.4) is 0 Å². The Bertz CT molecular complexity index is 896. The Labute approximate surface area is 167 Å². The van der Waals surface area contributed by atoms with E-state index in [-0.39, 0.29) is 12.2 Å². The number of para-hydroxylation sites is 1. The Kier molecular flexibility index (Phi) is 6.06. The van der Waals surface area contributed by atoms with Gasteiger partial charge in [-0.25, -0.2) is 9.18 Å². The van der Waals surface area contributed by atoms with Gasteiger partial charge in [0, 0.05) is 30.9 Å². The number of carbonyl (C=O) groups is 2. The van der Waals surface area contributed by atoms with E-state index >= 15 is 0 Å². The maximum absolute atomic E-state index is 14.0. The predicted octanol–water partition coefficient (Wildman–Crippen LogP) is 2.73. The van der Waals surface area contributed by atoms with Crippen LogP contribution in [0.4, 0.5) is 20.6 Å². The number of ether oxygens (including phenoxy) is 3. The van der Waals surface area contributed by atoms with Crippen LogP contribution in [-0.2, 0) is 4.79 Å². The summed E-state index contributed by atoms with van der Waals surface area (Å²) in [6.45, 7) is 0.452. The van der Waals surface area contributed by atoms with Gasteiger partial charge < -0.3 is 24.4 Å². The minimum atomic E-state index is -0.482. The lowest BCUT2D eigenvalue weighted by molar-refractivity contribution is -0.116. The lowest BCUT2D eigenvalue weighted by Crippen LogP contribution is -2.37. The number of hydrogen-bond donors (Lipinski definition) is 1. The van der Waals surface area contributed by atoms with Crippen molar-refractivity contribution in [1.82, 2.24) is 4.90 Å². The number of benzene rings is 2. The third-order valence-electron chi connectivity index (χ3n) is 4.52. The molecule has 3 rings (SSSR count). The van der Waals surface area contributed by atoms with Crippen LogP contribution in [0.1, 0.15) is 0 Å². The van der Waals surface area contributed by atoms with Crippen LogP contribution in [0.2, 0.25) is 0 Å². The van der Waals surface area contributed by atoms with E-state index in [0.717, 1.165) is 0 Å². The van der Waals surface area contributed by atoms with Crippen LogP contribution >= 0.6 is 0 Å². The summed E-state index contributed by atoms with van der Waals surface area (Å²) in [4.78, 5) is 27.7. The number of urea groups is 1. The third-order valence-corrected chi connectivity index (χ3v) is 4.52. The van der Waals surface area contributed by atoms with Crippen molar-refractivity contribution in [2.24, 2.45) is 0 Å². The van der Waals surface area contributed by atoms with E-state index in [2.05, 4.69) is 5.32 Å². The number of rotatable bonds is 7. The highest BCUT2D eigenvalue weighted by Crippen LogP contribution is 2.39. The Hall–Kier alpha value is -3.49. The summed E-state index contributed by atoms with van der Waals surface area (Å²) in [5.74, 6) is 0.311. The summed E-state index contributed by atoms with van der Waals surface area (Å²) in [7, 11) is 4.44. The van der Waals surface area contributed by atoms with Crippen LogP contribution in [-0.4, -0.2) is 57.8 Å². The topological polar surface area (TPSA) is 80.3 Å². The first-order valence-electron chi connectivity index (χ1n) is 8.89. The lowest BCUT2D eigenvalue weighted by Gasteiger charge is -2.19. The second kappa shape index (κ2) is 8.68. The molecule has 8 nitrogen and oxygen atoms in total. The zero-order valence-corrected chi connectivity index (χ0v) is 16.4. The summed E-state index contributed by atoms with van der Waals surface area (Å²) in [6.07, 6.45) is 0. The first-order chi connectivity index (χ1) is 14.0. The van der Waals surface area contributed by atoms with E-state index in [4.69, 9.17) is 14.2 Å². The quantitative estimate of drug-likeness (QED) is 0.769. The Morgan fingerprint density at radius 2 is 1.72 bits per heavy atom. The molecule has 154 valence electrons. The van der Waals surface area contributed by atoms with Crippen LogP contribution < -0.4 is 24.4 Å². The summed E-state index contributed by atoms with van der Waals surface area (Å²) >= 11 is 0. The zero-order chi connectivity index (χ0) is 21.0. The van der Waals surface area contributed by atoms with Crippen LogP contribution in [0, 0.1) is 5.82 Å². The SMILES string of the molecule is COc1cc(NC(=O)CN2CCN(c3ccccc3F)C2=O)cc(OC)c1OC. The molecule has 1 aliphatic rings. The van der Waals surface area contributed by atoms with Gasteiger partial charge in [-0.3, -0.25) is 9.69 Å². The maximum Gasteiger partial charge on any atom is 0.325 e. The highest BCUT2D eigenvalue weighted by atomic mass is 19.1. The fourth-order valence-corrected chi connectivity index (χ4v) is 3.15. The van der Waals surface area contributed by atoms with Crippen molar-refractivity contribution < 1.29 is 28.2 Å². The molecule has 29 heavy (non-hydrogen) atoms. The van der Waals surface area contributed by atoms with E-state index in [1.165, 1.54) is 43.3 Å². The van der Waals surface area contributed by atoms with Crippen molar-refractivity contribution >= 4 is 23.3 Å². The molecule has 3 amide bonds. The molecular formula is C20H22FN3O5. The second-order valence-corrected chi connectivity index (χ2v) is 6.27. The lowest BCUT2D eigenvalue weighted by atomic mass is 10.2. The molecule has 1 aliphatic heterocycles. The van der Waals surface area contributed by atoms with E-state index < -0.39 is 17.8 Å². The van der Waals surface area contributed by atoms with Crippen molar-refractivity contribution in [3.05, 3.63) is 42.2 Å². The molecule has 0 radical (unpaired) electrons. The molecule has 0 spiro atoms. The van der Waals surface area contributed by atoms with Crippen molar-refractivity contribution in [1.29, 1.82) is 0 Å². The molecule has 1 N–H and O–H groups in total. The number of hydrogen-bond acceptors (Lipinski definition) is 5. The average molecular weight is 403 g/mol. The maximum atomic E-state index is 14.0. The summed E-state index contributed by atoms with van der Waals surface area (Å²) in [6, 6.07) is 8.81. The molecule has 0 saturated carbocycles. The first kappa shape index (κ1) is 20.2. The van der Waals surface area contributed by atoms with Gasteiger partial charge in [0.15, 0.2) is 11.5 Å². The molecule has 2 aromatic carbocycles. The number of carbonyl (C=O) groups excluding carboxylic acids is 2. The number of methoxy groups -OCH3 is 3. The standard InChI is InChI=1S/C20H22FN3O5/c1-27-16-10-13(11-17(28-2)19(16)29-3)22-18(25)12-23-8-9-24(20(23)26)15-7-5-4-6-14(15)21/h4-7,10-11H,8-9,12H2,1-3H3,(H,22,25). The fraction of sp³-hybridized carbons (Fsp3) is 0.300. The number of nitrogens with zero attached hydrogens (tertiary/aromatic N) is 2. The van der Waals surface area contributed by atoms with Gasteiger partial charge in [0.1, 0.15) is 12.4 Å². The van der Waals surface area contributed by atoms with Gasteiger partial charge in [0.05, 0.1) is 27.0 Å². The zero-order valence-electron chi connectivity index (χ0n) is 16.4. The highest BCUT2D eigenvalue weighted by Gasteiger charge is 2.32. The van der Waals surface area contributed by atoms with Gasteiger partial charge in [-0.15, -0.1) is 0 Å². The molecule has 1 heterocycles. The minimum Gasteiger partial charge on any atom is -0.493 e. The largest absolute Gasteiger partial charge is 0.493 e. The van der Waals surface area contributed by atoms with Gasteiger partial charge in [-0.05, 0) is 12.1 Å². The summed E-state index contributed by atoms with van der Waals surface area (Å²) in [5, 5.41) is 2.72. The van der Waals surface area contributed by atoms with Gasteiger partial charge in [-0.2, -0.15) is 0 Å². The number of anilines is 2. The van der Waals surface area contributed by atoms with Crippen molar-refractivity contribution in [3.63, 3.8) is 0 Å². The molecule has 2 aromatic rings. The molecule has 0 aromatic heterocycles. The van der Waals surface area contributed by atoms with Crippen molar-refractivity contribution in [3.8, 4) is 17.2 Å². The van der Waals surface area contributed by atoms with Crippen LogP contribution in [0.15, 0.2) is 36.4 Å². The van der Waals surface area contributed by atoms with Gasteiger partial charge in [0.2, 0.25) is 11.7 Å². The highest BCUT2D eigenvalue weighted by molar-refractivity contribution is 5.99.